The van der Waals surface area contributed by atoms with E-state index in [0.29, 0.717) is 43.3 Å². The second-order valence-corrected chi connectivity index (χ2v) is 9.04. The Morgan fingerprint density at radius 3 is 2.03 bits per heavy atom. The quantitative estimate of drug-likeness (QED) is 0.270. The summed E-state index contributed by atoms with van der Waals surface area (Å²) in [6.45, 7) is 2.75. The predicted octanol–water partition coefficient (Wildman–Crippen LogP) is 6.00. The number of carbonyl (C=O) groups excluding carboxylic acids is 2. The van der Waals surface area contributed by atoms with Crippen LogP contribution in [-0.4, -0.2) is 23.8 Å². The van der Waals surface area contributed by atoms with E-state index in [2.05, 4.69) is 5.32 Å². The molecule has 0 spiro atoms. The minimum Gasteiger partial charge on any atom is -0.496 e. The molecule has 0 saturated heterocycles. The first-order chi connectivity index (χ1) is 18.5. The lowest BCUT2D eigenvalue weighted by atomic mass is 10.1. The minimum atomic E-state index is -0.122. The molecule has 4 aromatic carbocycles. The van der Waals surface area contributed by atoms with Crippen LogP contribution < -0.4 is 14.8 Å². The first kappa shape index (κ1) is 26.5. The predicted molar refractivity (Wildman–Crippen MR) is 149 cm³/mol. The van der Waals surface area contributed by atoms with Gasteiger partial charge in [-0.25, -0.2) is 0 Å². The second-order valence-electron chi connectivity index (χ2n) is 9.04. The van der Waals surface area contributed by atoms with Crippen molar-refractivity contribution in [2.75, 3.05) is 12.4 Å². The fraction of sp³-hybridized carbons (Fsp3) is 0.188. The summed E-state index contributed by atoms with van der Waals surface area (Å²) in [5.74, 6) is 1.33. The molecule has 0 radical (unpaired) electrons. The number of amides is 2. The van der Waals surface area contributed by atoms with Gasteiger partial charge >= 0.3 is 0 Å². The summed E-state index contributed by atoms with van der Waals surface area (Å²) in [5.41, 5.74) is 4.65. The highest BCUT2D eigenvalue weighted by molar-refractivity contribution is 5.88. The lowest BCUT2D eigenvalue weighted by Crippen LogP contribution is -2.31. The van der Waals surface area contributed by atoms with Crippen molar-refractivity contribution in [2.24, 2.45) is 0 Å². The number of rotatable bonds is 11. The zero-order valence-electron chi connectivity index (χ0n) is 21.7. The molecule has 4 aromatic rings. The number of nitrogens with zero attached hydrogens (tertiary/aromatic N) is 1. The van der Waals surface area contributed by atoms with E-state index >= 15 is 0 Å². The number of benzene rings is 4. The van der Waals surface area contributed by atoms with Gasteiger partial charge in [-0.05, 0) is 53.1 Å². The van der Waals surface area contributed by atoms with Crippen LogP contribution in [0.4, 0.5) is 5.69 Å². The third-order valence-electron chi connectivity index (χ3n) is 6.05. The molecule has 2 amide bonds. The van der Waals surface area contributed by atoms with E-state index in [9.17, 15) is 9.59 Å². The van der Waals surface area contributed by atoms with Crippen molar-refractivity contribution in [3.8, 4) is 11.5 Å². The minimum absolute atomic E-state index is 0.0629. The monoisotopic (exact) mass is 508 g/mol. The van der Waals surface area contributed by atoms with Gasteiger partial charge in [-0.1, -0.05) is 66.7 Å². The first-order valence-corrected chi connectivity index (χ1v) is 12.5. The number of anilines is 1. The van der Waals surface area contributed by atoms with E-state index in [1.165, 1.54) is 6.92 Å². The summed E-state index contributed by atoms with van der Waals surface area (Å²) in [6.07, 6.45) is 0.342. The number of methoxy groups -OCH3 is 1. The van der Waals surface area contributed by atoms with Gasteiger partial charge in [-0.3, -0.25) is 9.59 Å². The van der Waals surface area contributed by atoms with Crippen molar-refractivity contribution in [1.29, 1.82) is 0 Å². The molecule has 0 aromatic heterocycles. The molecule has 0 fully saturated rings. The Bertz CT molecular complexity index is 1340. The molecule has 0 atom stereocenters. The van der Waals surface area contributed by atoms with Crippen molar-refractivity contribution in [1.82, 2.24) is 4.90 Å². The van der Waals surface area contributed by atoms with Crippen molar-refractivity contribution in [2.45, 2.75) is 33.0 Å². The zero-order valence-corrected chi connectivity index (χ0v) is 21.7. The van der Waals surface area contributed by atoms with Crippen LogP contribution in [0.25, 0.3) is 0 Å². The number of carbonyl (C=O) groups is 2. The van der Waals surface area contributed by atoms with Gasteiger partial charge < -0.3 is 19.7 Å². The van der Waals surface area contributed by atoms with Gasteiger partial charge in [0.2, 0.25) is 11.8 Å². The van der Waals surface area contributed by atoms with Crippen molar-refractivity contribution in [3.63, 3.8) is 0 Å². The largest absolute Gasteiger partial charge is 0.496 e. The van der Waals surface area contributed by atoms with Crippen molar-refractivity contribution >= 4 is 17.5 Å². The Labute approximate surface area is 223 Å². The molecular formula is C32H32N2O4. The topological polar surface area (TPSA) is 67.9 Å². The molecule has 6 nitrogen and oxygen atoms in total. The van der Waals surface area contributed by atoms with Gasteiger partial charge in [0, 0.05) is 31.3 Å². The van der Waals surface area contributed by atoms with Gasteiger partial charge in [0.15, 0.2) is 0 Å². The Morgan fingerprint density at radius 1 is 0.763 bits per heavy atom. The van der Waals surface area contributed by atoms with Crippen LogP contribution in [0.15, 0.2) is 103 Å². The smallest absolute Gasteiger partial charge is 0.227 e. The molecule has 6 heteroatoms. The molecule has 0 saturated carbocycles. The Hall–Kier alpha value is -4.58. The third kappa shape index (κ3) is 7.71. The fourth-order valence-corrected chi connectivity index (χ4v) is 4.18. The van der Waals surface area contributed by atoms with Crippen LogP contribution >= 0.6 is 0 Å². The summed E-state index contributed by atoms with van der Waals surface area (Å²) in [6, 6.07) is 33.0. The second kappa shape index (κ2) is 13.1. The first-order valence-electron chi connectivity index (χ1n) is 12.5. The molecule has 0 aliphatic rings. The Kier molecular flexibility index (Phi) is 9.13. The van der Waals surface area contributed by atoms with E-state index in [4.69, 9.17) is 9.47 Å². The van der Waals surface area contributed by atoms with Crippen LogP contribution in [0, 0.1) is 0 Å². The average molecular weight is 509 g/mol. The average Bonchev–Trinajstić information content (AvgIpc) is 2.93. The molecule has 0 heterocycles. The molecule has 0 aliphatic heterocycles. The summed E-state index contributed by atoms with van der Waals surface area (Å²) in [4.78, 5) is 26.5. The standard InChI is InChI=1S/C32H32N2O4/c1-24(35)33-29-14-16-30(17-15-29)38-23-28-19-27(13-18-31(28)37-2)22-34(21-26-11-7-4-8-12-26)32(36)20-25-9-5-3-6-10-25/h3-19H,20-23H2,1-2H3,(H,33,35). The van der Waals surface area contributed by atoms with Crippen molar-refractivity contribution in [3.05, 3.63) is 125 Å². The van der Waals surface area contributed by atoms with Gasteiger partial charge in [0.25, 0.3) is 0 Å². The van der Waals surface area contributed by atoms with Crippen LogP contribution in [0.2, 0.25) is 0 Å². The van der Waals surface area contributed by atoms with Gasteiger partial charge in [-0.15, -0.1) is 0 Å². The van der Waals surface area contributed by atoms with Crippen LogP contribution in [0.5, 0.6) is 11.5 Å². The maximum absolute atomic E-state index is 13.4. The van der Waals surface area contributed by atoms with Crippen LogP contribution in [-0.2, 0) is 35.7 Å². The molecule has 1 N–H and O–H groups in total. The molecule has 0 bridgehead atoms. The Balaban J connectivity index is 1.50. The SMILES string of the molecule is COc1ccc(CN(Cc2ccccc2)C(=O)Cc2ccccc2)cc1COc1ccc(NC(C)=O)cc1. The Morgan fingerprint density at radius 2 is 1.39 bits per heavy atom. The van der Waals surface area contributed by atoms with E-state index in [-0.39, 0.29) is 11.8 Å². The van der Waals surface area contributed by atoms with E-state index in [1.807, 2.05) is 95.9 Å². The lowest BCUT2D eigenvalue weighted by molar-refractivity contribution is -0.131. The summed E-state index contributed by atoms with van der Waals surface area (Å²) >= 11 is 0. The van der Waals surface area contributed by atoms with Gasteiger partial charge in [-0.2, -0.15) is 0 Å². The normalized spacial score (nSPS) is 10.5. The lowest BCUT2D eigenvalue weighted by Gasteiger charge is -2.24. The molecule has 38 heavy (non-hydrogen) atoms. The van der Waals surface area contributed by atoms with Crippen LogP contribution in [0.3, 0.4) is 0 Å². The molecule has 0 aliphatic carbocycles. The summed E-state index contributed by atoms with van der Waals surface area (Å²) in [7, 11) is 1.63. The molecule has 4 rings (SSSR count). The summed E-state index contributed by atoms with van der Waals surface area (Å²) in [5, 5.41) is 2.74. The van der Waals surface area contributed by atoms with Gasteiger partial charge in [0.1, 0.15) is 18.1 Å². The number of hydrogen-bond acceptors (Lipinski definition) is 4. The molecule has 0 unspecified atom stereocenters. The third-order valence-corrected chi connectivity index (χ3v) is 6.05. The van der Waals surface area contributed by atoms with Crippen molar-refractivity contribution < 1.29 is 19.1 Å². The zero-order chi connectivity index (χ0) is 26.7. The maximum atomic E-state index is 13.4. The highest BCUT2D eigenvalue weighted by Crippen LogP contribution is 2.24. The fourth-order valence-electron chi connectivity index (χ4n) is 4.18. The van der Waals surface area contributed by atoms with E-state index in [1.54, 1.807) is 19.2 Å². The number of nitrogens with one attached hydrogen (secondary N) is 1. The van der Waals surface area contributed by atoms with Crippen LogP contribution in [0.1, 0.15) is 29.2 Å². The number of hydrogen-bond donors (Lipinski definition) is 1. The summed E-state index contributed by atoms with van der Waals surface area (Å²) < 4.78 is 11.6. The maximum Gasteiger partial charge on any atom is 0.227 e. The molecular weight excluding hydrogens is 476 g/mol. The van der Waals surface area contributed by atoms with E-state index < -0.39 is 0 Å². The number of ether oxygens (including phenoxy) is 2. The molecule has 194 valence electrons. The van der Waals surface area contributed by atoms with Gasteiger partial charge in [0.05, 0.1) is 13.5 Å². The highest BCUT2D eigenvalue weighted by Gasteiger charge is 2.17. The van der Waals surface area contributed by atoms with E-state index in [0.717, 1.165) is 22.3 Å². The highest BCUT2D eigenvalue weighted by atomic mass is 16.5.